The predicted molar refractivity (Wildman–Crippen MR) is 158 cm³/mol. The van der Waals surface area contributed by atoms with Crippen LogP contribution in [0.15, 0.2) is 82.8 Å². The third-order valence-electron chi connectivity index (χ3n) is 6.28. The summed E-state index contributed by atoms with van der Waals surface area (Å²) in [5.74, 6) is -0.601. The molecule has 4 aromatic rings. The molecule has 0 aliphatic heterocycles. The van der Waals surface area contributed by atoms with Gasteiger partial charge in [0.15, 0.2) is 0 Å². The largest absolute Gasteiger partial charge is 0.316 e. The van der Waals surface area contributed by atoms with Gasteiger partial charge in [-0.05, 0) is 81.8 Å². The Bertz CT molecular complexity index is 1660. The van der Waals surface area contributed by atoms with Crippen molar-refractivity contribution in [2.75, 3.05) is 10.8 Å². The Morgan fingerprint density at radius 3 is 2.33 bits per heavy atom. The highest BCUT2D eigenvalue weighted by molar-refractivity contribution is 7.92. The minimum absolute atomic E-state index is 0.0748. The van der Waals surface area contributed by atoms with Crippen molar-refractivity contribution in [1.29, 1.82) is 0 Å². The van der Waals surface area contributed by atoms with Gasteiger partial charge in [0.1, 0.15) is 6.54 Å². The molecule has 0 spiro atoms. The molecule has 4 rings (SSSR count). The third kappa shape index (κ3) is 6.19. The van der Waals surface area contributed by atoms with Crippen molar-refractivity contribution >= 4 is 51.0 Å². The fraction of sp³-hybridized carbons (Fsp3) is 0.172. The first-order chi connectivity index (χ1) is 18.5. The second kappa shape index (κ2) is 11.7. The van der Waals surface area contributed by atoms with Crippen molar-refractivity contribution in [2.24, 2.45) is 5.10 Å². The van der Waals surface area contributed by atoms with E-state index in [1.807, 2.05) is 55.7 Å². The first kappa shape index (κ1) is 28.4. The summed E-state index contributed by atoms with van der Waals surface area (Å²) in [5, 5.41) is 5.19. The minimum atomic E-state index is -4.06. The monoisotopic (exact) mass is 582 g/mol. The van der Waals surface area contributed by atoms with Crippen LogP contribution in [0, 0.1) is 27.7 Å². The molecule has 0 unspecified atom stereocenters. The van der Waals surface area contributed by atoms with Crippen molar-refractivity contribution in [1.82, 2.24) is 9.99 Å². The number of rotatable bonds is 8. The first-order valence-corrected chi connectivity index (χ1v) is 14.3. The Morgan fingerprint density at radius 2 is 1.67 bits per heavy atom. The summed E-state index contributed by atoms with van der Waals surface area (Å²) in [6.07, 6.45) is 1.53. The van der Waals surface area contributed by atoms with E-state index in [0.717, 1.165) is 32.5 Å². The standard InChI is InChI=1S/C29H28Cl2N4O3S/c1-19-9-12-25(13-10-19)39(37,38)34(27-14-11-24(30)15-20(27)2)18-29(36)33-32-17-23-16-21(3)35(22(23)4)28-8-6-5-7-26(28)31/h5-17H,18H2,1-4H3,(H,33,36)/b32-17-. The molecule has 1 aromatic heterocycles. The Hall–Kier alpha value is -3.59. The number of aryl methyl sites for hydroxylation is 3. The molecule has 0 saturated heterocycles. The zero-order chi connectivity index (χ0) is 28.3. The summed E-state index contributed by atoms with van der Waals surface area (Å²) in [7, 11) is -4.06. The van der Waals surface area contributed by atoms with E-state index in [4.69, 9.17) is 23.2 Å². The van der Waals surface area contributed by atoms with Crippen LogP contribution >= 0.6 is 23.2 Å². The average molecular weight is 584 g/mol. The number of amides is 1. The normalized spacial score (nSPS) is 11.6. The van der Waals surface area contributed by atoms with Gasteiger partial charge in [-0.25, -0.2) is 13.8 Å². The zero-order valence-corrected chi connectivity index (χ0v) is 24.3. The van der Waals surface area contributed by atoms with Gasteiger partial charge in [-0.3, -0.25) is 9.10 Å². The number of anilines is 1. The SMILES string of the molecule is Cc1ccc(S(=O)(=O)N(CC(=O)N/N=C\c2cc(C)n(-c3ccccc3Cl)c2C)c2ccc(Cl)cc2C)cc1. The molecule has 1 heterocycles. The van der Waals surface area contributed by atoms with E-state index >= 15 is 0 Å². The van der Waals surface area contributed by atoms with Crippen LogP contribution in [0.1, 0.15) is 28.1 Å². The molecule has 0 saturated carbocycles. The number of benzene rings is 3. The van der Waals surface area contributed by atoms with E-state index in [1.54, 1.807) is 37.3 Å². The van der Waals surface area contributed by atoms with Gasteiger partial charge in [0, 0.05) is 22.0 Å². The van der Waals surface area contributed by atoms with Crippen LogP contribution in [0.5, 0.6) is 0 Å². The highest BCUT2D eigenvalue weighted by atomic mass is 35.5. The maximum Gasteiger partial charge on any atom is 0.264 e. The van der Waals surface area contributed by atoms with Gasteiger partial charge in [0.25, 0.3) is 15.9 Å². The van der Waals surface area contributed by atoms with Gasteiger partial charge in [-0.15, -0.1) is 0 Å². The lowest BCUT2D eigenvalue weighted by Crippen LogP contribution is -2.40. The summed E-state index contributed by atoms with van der Waals surface area (Å²) in [4.78, 5) is 13.0. The van der Waals surface area contributed by atoms with Crippen molar-refractivity contribution in [2.45, 2.75) is 32.6 Å². The lowest BCUT2D eigenvalue weighted by molar-refractivity contribution is -0.119. The van der Waals surface area contributed by atoms with Gasteiger partial charge in [-0.1, -0.05) is 53.0 Å². The number of hydrogen-bond acceptors (Lipinski definition) is 4. The number of nitrogens with zero attached hydrogens (tertiary/aromatic N) is 3. The molecule has 7 nitrogen and oxygen atoms in total. The molecular formula is C29H28Cl2N4O3S. The average Bonchev–Trinajstić information content (AvgIpc) is 3.16. The number of nitrogens with one attached hydrogen (secondary N) is 1. The second-order valence-corrected chi connectivity index (χ2v) is 11.9. The molecule has 1 amide bonds. The van der Waals surface area contributed by atoms with Gasteiger partial charge >= 0.3 is 0 Å². The number of hydrazone groups is 1. The van der Waals surface area contributed by atoms with Crippen molar-refractivity contribution in [3.63, 3.8) is 0 Å². The Kier molecular flexibility index (Phi) is 8.49. The molecule has 0 bridgehead atoms. The number of aromatic nitrogens is 1. The van der Waals surface area contributed by atoms with E-state index in [0.29, 0.717) is 21.3 Å². The molecule has 10 heteroatoms. The number of halogens is 2. The highest BCUT2D eigenvalue weighted by Crippen LogP contribution is 2.29. The summed E-state index contributed by atoms with van der Waals surface area (Å²) >= 11 is 12.5. The predicted octanol–water partition coefficient (Wildman–Crippen LogP) is 6.36. The highest BCUT2D eigenvalue weighted by Gasteiger charge is 2.28. The minimum Gasteiger partial charge on any atom is -0.316 e. The number of sulfonamides is 1. The fourth-order valence-corrected chi connectivity index (χ4v) is 6.23. The molecule has 3 aromatic carbocycles. The second-order valence-electron chi connectivity index (χ2n) is 9.16. The first-order valence-electron chi connectivity index (χ1n) is 12.1. The number of carbonyl (C=O) groups excluding carboxylic acids is 1. The third-order valence-corrected chi connectivity index (χ3v) is 8.61. The molecule has 0 atom stereocenters. The number of carbonyl (C=O) groups is 1. The van der Waals surface area contributed by atoms with Crippen LogP contribution in [0.25, 0.3) is 5.69 Å². The zero-order valence-electron chi connectivity index (χ0n) is 21.9. The van der Waals surface area contributed by atoms with Crippen molar-refractivity contribution in [3.05, 3.63) is 111 Å². The summed E-state index contributed by atoms with van der Waals surface area (Å²) in [6.45, 7) is 7.01. The molecule has 1 N–H and O–H groups in total. The van der Waals surface area contributed by atoms with Gasteiger partial charge in [0.05, 0.1) is 27.5 Å². The quantitative estimate of drug-likeness (QED) is 0.194. The fourth-order valence-electron chi connectivity index (χ4n) is 4.30. The Morgan fingerprint density at radius 1 is 0.974 bits per heavy atom. The van der Waals surface area contributed by atoms with Crippen LogP contribution in [-0.4, -0.2) is 31.7 Å². The van der Waals surface area contributed by atoms with Crippen LogP contribution in [-0.2, 0) is 14.8 Å². The maximum atomic E-state index is 13.6. The molecule has 0 aliphatic rings. The lowest BCUT2D eigenvalue weighted by atomic mass is 10.2. The van der Waals surface area contributed by atoms with Crippen LogP contribution in [0.3, 0.4) is 0 Å². The van der Waals surface area contributed by atoms with Crippen LogP contribution in [0.4, 0.5) is 5.69 Å². The Labute approximate surface area is 238 Å². The van der Waals surface area contributed by atoms with Gasteiger partial charge < -0.3 is 4.57 Å². The smallest absolute Gasteiger partial charge is 0.264 e. The van der Waals surface area contributed by atoms with Gasteiger partial charge in [0.2, 0.25) is 0 Å². The lowest BCUT2D eigenvalue weighted by Gasteiger charge is -2.25. The Balaban J connectivity index is 1.59. The van der Waals surface area contributed by atoms with E-state index in [2.05, 4.69) is 10.5 Å². The van der Waals surface area contributed by atoms with Crippen LogP contribution < -0.4 is 9.73 Å². The summed E-state index contributed by atoms with van der Waals surface area (Å²) in [6, 6.07) is 20.7. The molecule has 0 radical (unpaired) electrons. The molecule has 202 valence electrons. The van der Waals surface area contributed by atoms with E-state index in [1.165, 1.54) is 18.3 Å². The van der Waals surface area contributed by atoms with Crippen molar-refractivity contribution < 1.29 is 13.2 Å². The summed E-state index contributed by atoms with van der Waals surface area (Å²) in [5.41, 5.74) is 7.81. The van der Waals surface area contributed by atoms with Crippen molar-refractivity contribution in [3.8, 4) is 5.69 Å². The molecular weight excluding hydrogens is 555 g/mol. The molecule has 0 aliphatic carbocycles. The number of hydrogen-bond donors (Lipinski definition) is 1. The van der Waals surface area contributed by atoms with E-state index < -0.39 is 22.5 Å². The molecule has 0 fully saturated rings. The molecule has 39 heavy (non-hydrogen) atoms. The maximum absolute atomic E-state index is 13.6. The topological polar surface area (TPSA) is 83.8 Å². The van der Waals surface area contributed by atoms with Crippen LogP contribution in [0.2, 0.25) is 10.0 Å². The summed E-state index contributed by atoms with van der Waals surface area (Å²) < 4.78 is 30.3. The van der Waals surface area contributed by atoms with E-state index in [9.17, 15) is 13.2 Å². The van der Waals surface area contributed by atoms with Gasteiger partial charge in [-0.2, -0.15) is 5.10 Å². The number of para-hydroxylation sites is 1. The van der Waals surface area contributed by atoms with E-state index in [-0.39, 0.29) is 4.90 Å².